The average molecular weight is 395 g/mol. The van der Waals surface area contributed by atoms with Crippen molar-refractivity contribution in [1.29, 1.82) is 0 Å². The summed E-state index contributed by atoms with van der Waals surface area (Å²) in [5, 5.41) is 13.9. The molecular formula is C17H12Cl2N2O5. The van der Waals surface area contributed by atoms with E-state index in [4.69, 9.17) is 27.9 Å². The van der Waals surface area contributed by atoms with Crippen molar-refractivity contribution in [3.63, 3.8) is 0 Å². The molecule has 1 amide bonds. The lowest BCUT2D eigenvalue weighted by Crippen LogP contribution is -2.24. The molecule has 1 atom stereocenters. The number of nitrogens with zero attached hydrogens (tertiary/aromatic N) is 1. The van der Waals surface area contributed by atoms with Gasteiger partial charge in [-0.15, -0.1) is 0 Å². The van der Waals surface area contributed by atoms with Gasteiger partial charge in [0, 0.05) is 34.7 Å². The van der Waals surface area contributed by atoms with Gasteiger partial charge in [0.15, 0.2) is 0 Å². The van der Waals surface area contributed by atoms with Crippen molar-refractivity contribution >= 4 is 46.5 Å². The first-order chi connectivity index (χ1) is 12.3. The quantitative estimate of drug-likeness (QED) is 0.360. The minimum Gasteiger partial charge on any atom is -0.426 e. The van der Waals surface area contributed by atoms with Crippen molar-refractivity contribution in [3.8, 4) is 5.75 Å². The van der Waals surface area contributed by atoms with Crippen molar-refractivity contribution in [2.75, 3.05) is 5.32 Å². The number of carbonyl (C=O) groups excluding carboxylic acids is 2. The van der Waals surface area contributed by atoms with Crippen molar-refractivity contribution in [2.24, 2.45) is 0 Å². The maximum absolute atomic E-state index is 12.4. The van der Waals surface area contributed by atoms with Gasteiger partial charge in [-0.25, -0.2) is 0 Å². The summed E-state index contributed by atoms with van der Waals surface area (Å²) in [6.45, 7) is 0. The van der Waals surface area contributed by atoms with Crippen LogP contribution in [0.15, 0.2) is 36.4 Å². The minimum atomic E-state index is -0.634. The molecule has 0 saturated heterocycles. The van der Waals surface area contributed by atoms with Gasteiger partial charge in [-0.1, -0.05) is 29.3 Å². The topological polar surface area (TPSA) is 98.5 Å². The Bertz CT molecular complexity index is 916. The highest BCUT2D eigenvalue weighted by Gasteiger charge is 2.30. The SMILES string of the molecule is O=C(C[C@H]1CC(=O)Oc2cccc(Cl)c21)Nc1ccc(Cl)c([N+](=O)[O-])c1. The van der Waals surface area contributed by atoms with Crippen molar-refractivity contribution < 1.29 is 19.2 Å². The van der Waals surface area contributed by atoms with E-state index in [9.17, 15) is 19.7 Å². The summed E-state index contributed by atoms with van der Waals surface area (Å²) >= 11 is 11.9. The number of carbonyl (C=O) groups is 2. The first-order valence-electron chi connectivity index (χ1n) is 7.58. The van der Waals surface area contributed by atoms with Gasteiger partial charge >= 0.3 is 5.97 Å². The van der Waals surface area contributed by atoms with E-state index in [-0.39, 0.29) is 29.2 Å². The Morgan fingerprint density at radius 1 is 1.27 bits per heavy atom. The largest absolute Gasteiger partial charge is 0.426 e. The van der Waals surface area contributed by atoms with Crippen LogP contribution in [0.2, 0.25) is 10.0 Å². The first kappa shape index (κ1) is 18.2. The zero-order chi connectivity index (χ0) is 18.8. The number of benzene rings is 2. The molecule has 26 heavy (non-hydrogen) atoms. The molecule has 0 aliphatic carbocycles. The number of anilines is 1. The zero-order valence-corrected chi connectivity index (χ0v) is 14.7. The first-order valence-corrected chi connectivity index (χ1v) is 8.33. The number of hydrogen-bond acceptors (Lipinski definition) is 5. The van der Waals surface area contributed by atoms with E-state index in [0.29, 0.717) is 16.3 Å². The third-order valence-electron chi connectivity index (χ3n) is 3.92. The summed E-state index contributed by atoms with van der Waals surface area (Å²) in [5.41, 5.74) is 0.536. The molecule has 1 heterocycles. The Labute approximate surface area is 158 Å². The van der Waals surface area contributed by atoms with Crippen LogP contribution in [0.3, 0.4) is 0 Å². The lowest BCUT2D eigenvalue weighted by molar-refractivity contribution is -0.384. The molecule has 0 spiro atoms. The second-order valence-corrected chi connectivity index (χ2v) is 6.52. The number of rotatable bonds is 4. The molecule has 1 aliphatic rings. The van der Waals surface area contributed by atoms with E-state index in [0.717, 1.165) is 0 Å². The number of nitro benzene ring substituents is 1. The van der Waals surface area contributed by atoms with Crippen LogP contribution in [-0.4, -0.2) is 16.8 Å². The molecular weight excluding hydrogens is 383 g/mol. The van der Waals surface area contributed by atoms with Crippen LogP contribution >= 0.6 is 23.2 Å². The number of amides is 1. The molecule has 0 fully saturated rings. The third kappa shape index (κ3) is 3.79. The normalized spacial score (nSPS) is 15.8. The zero-order valence-electron chi connectivity index (χ0n) is 13.2. The fourth-order valence-electron chi connectivity index (χ4n) is 2.81. The van der Waals surface area contributed by atoms with Gasteiger partial charge in [0.25, 0.3) is 5.69 Å². The molecule has 9 heteroatoms. The Kier molecular flexibility index (Phi) is 5.11. The van der Waals surface area contributed by atoms with Crippen LogP contribution < -0.4 is 10.1 Å². The van der Waals surface area contributed by atoms with Crippen molar-refractivity contribution in [3.05, 3.63) is 62.1 Å². The van der Waals surface area contributed by atoms with Crippen molar-refractivity contribution in [1.82, 2.24) is 0 Å². The maximum atomic E-state index is 12.4. The molecule has 0 aromatic heterocycles. The van der Waals surface area contributed by atoms with Crippen LogP contribution in [0.1, 0.15) is 24.3 Å². The number of esters is 1. The number of hydrogen-bond donors (Lipinski definition) is 1. The molecule has 134 valence electrons. The van der Waals surface area contributed by atoms with E-state index >= 15 is 0 Å². The molecule has 2 aromatic carbocycles. The summed E-state index contributed by atoms with van der Waals surface area (Å²) in [7, 11) is 0. The monoisotopic (exact) mass is 394 g/mol. The number of nitrogens with one attached hydrogen (secondary N) is 1. The Morgan fingerprint density at radius 3 is 2.77 bits per heavy atom. The molecule has 0 radical (unpaired) electrons. The van der Waals surface area contributed by atoms with E-state index in [1.165, 1.54) is 18.2 Å². The van der Waals surface area contributed by atoms with Gasteiger partial charge in [0.2, 0.25) is 5.91 Å². The summed E-state index contributed by atoms with van der Waals surface area (Å²) < 4.78 is 5.15. The third-order valence-corrected chi connectivity index (χ3v) is 4.57. The van der Waals surface area contributed by atoms with Gasteiger partial charge in [0.1, 0.15) is 10.8 Å². The average Bonchev–Trinajstić information content (AvgIpc) is 2.56. The Morgan fingerprint density at radius 2 is 2.04 bits per heavy atom. The molecule has 2 aromatic rings. The summed E-state index contributed by atoms with van der Waals surface area (Å²) in [6.07, 6.45) is -0.00677. The summed E-state index contributed by atoms with van der Waals surface area (Å²) in [4.78, 5) is 34.4. The maximum Gasteiger partial charge on any atom is 0.311 e. The van der Waals surface area contributed by atoms with Crippen molar-refractivity contribution in [2.45, 2.75) is 18.8 Å². The minimum absolute atomic E-state index is 0.0188. The summed E-state index contributed by atoms with van der Waals surface area (Å²) in [6, 6.07) is 8.90. The molecule has 1 aliphatic heterocycles. The molecule has 0 saturated carbocycles. The second-order valence-electron chi connectivity index (χ2n) is 5.70. The van der Waals surface area contributed by atoms with Gasteiger partial charge in [-0.05, 0) is 24.3 Å². The highest BCUT2D eigenvalue weighted by atomic mass is 35.5. The number of halogens is 2. The standard InChI is InChI=1S/C17H12Cl2N2O5/c18-11-5-4-10(8-13(11)21(24)25)20-15(22)6-9-7-16(23)26-14-3-1-2-12(19)17(9)14/h1-5,8-9H,6-7H2,(H,20,22)/t9-/m0/s1. The van der Waals surface area contributed by atoms with E-state index in [1.807, 2.05) is 0 Å². The lowest BCUT2D eigenvalue weighted by Gasteiger charge is -2.25. The Balaban J connectivity index is 1.78. The predicted octanol–water partition coefficient (Wildman–Crippen LogP) is 4.32. The van der Waals surface area contributed by atoms with Crippen LogP contribution in [0.25, 0.3) is 0 Å². The van der Waals surface area contributed by atoms with Crippen LogP contribution in [0.5, 0.6) is 5.75 Å². The van der Waals surface area contributed by atoms with E-state index in [2.05, 4.69) is 5.32 Å². The van der Waals surface area contributed by atoms with E-state index < -0.39 is 22.7 Å². The van der Waals surface area contributed by atoms with Gasteiger partial charge < -0.3 is 10.1 Å². The van der Waals surface area contributed by atoms with Gasteiger partial charge in [-0.3, -0.25) is 19.7 Å². The van der Waals surface area contributed by atoms with Gasteiger partial charge in [-0.2, -0.15) is 0 Å². The molecule has 3 rings (SSSR count). The van der Waals surface area contributed by atoms with Gasteiger partial charge in [0.05, 0.1) is 11.3 Å². The number of fused-ring (bicyclic) bond motifs is 1. The summed E-state index contributed by atoms with van der Waals surface area (Å²) in [5.74, 6) is -0.956. The molecule has 7 nitrogen and oxygen atoms in total. The molecule has 0 unspecified atom stereocenters. The highest BCUT2D eigenvalue weighted by Crippen LogP contribution is 2.41. The second kappa shape index (κ2) is 7.31. The van der Waals surface area contributed by atoms with E-state index in [1.54, 1.807) is 18.2 Å². The number of ether oxygens (including phenoxy) is 1. The Hall–Kier alpha value is -2.64. The predicted molar refractivity (Wildman–Crippen MR) is 95.8 cm³/mol. The van der Waals surface area contributed by atoms with Crippen LogP contribution in [0, 0.1) is 10.1 Å². The molecule has 1 N–H and O–H groups in total. The van der Waals surface area contributed by atoms with Crippen LogP contribution in [-0.2, 0) is 9.59 Å². The smallest absolute Gasteiger partial charge is 0.311 e. The lowest BCUT2D eigenvalue weighted by atomic mass is 9.89. The fourth-order valence-corrected chi connectivity index (χ4v) is 3.32. The van der Waals surface area contributed by atoms with Crippen LogP contribution in [0.4, 0.5) is 11.4 Å². The fraction of sp³-hybridized carbons (Fsp3) is 0.176. The number of nitro groups is 1. The molecule has 0 bridgehead atoms. The highest BCUT2D eigenvalue weighted by molar-refractivity contribution is 6.32.